The molecule has 0 amide bonds. The maximum Gasteiger partial charge on any atom is 0.0774 e. The first-order chi connectivity index (χ1) is 7.72. The number of β-amino-alcohol motifs (C(OH)–C–C–N with tert-alkyl or cyclic N) is 1. The maximum atomic E-state index is 10.5. The lowest BCUT2D eigenvalue weighted by atomic mass is 9.84. The van der Waals surface area contributed by atoms with Gasteiger partial charge in [-0.2, -0.15) is 11.8 Å². The van der Waals surface area contributed by atoms with Crippen LogP contribution < -0.4 is 0 Å². The molecule has 1 N–H and O–H groups in total. The van der Waals surface area contributed by atoms with E-state index in [1.807, 2.05) is 0 Å². The van der Waals surface area contributed by atoms with Crippen molar-refractivity contribution in [1.82, 2.24) is 4.90 Å². The summed E-state index contributed by atoms with van der Waals surface area (Å²) in [7, 11) is 0. The highest BCUT2D eigenvalue weighted by atomic mass is 32.2. The molecule has 0 aromatic heterocycles. The third-order valence-electron chi connectivity index (χ3n) is 3.98. The fourth-order valence-corrected chi connectivity index (χ4v) is 4.20. The van der Waals surface area contributed by atoms with E-state index in [0.29, 0.717) is 0 Å². The van der Waals surface area contributed by atoms with Crippen molar-refractivity contribution in [2.75, 3.05) is 25.4 Å². The molecule has 0 spiro atoms. The predicted octanol–water partition coefficient (Wildman–Crippen LogP) is 2.51. The molecule has 16 heavy (non-hydrogen) atoms. The highest BCUT2D eigenvalue weighted by Crippen LogP contribution is 2.30. The summed E-state index contributed by atoms with van der Waals surface area (Å²) in [5.74, 6) is 1.24. The first kappa shape index (κ1) is 12.7. The number of rotatable bonds is 3. The first-order valence-corrected chi connectivity index (χ1v) is 7.83. The Kier molecular flexibility index (Phi) is 4.57. The van der Waals surface area contributed by atoms with Crippen molar-refractivity contribution >= 4 is 11.8 Å². The first-order valence-electron chi connectivity index (χ1n) is 6.78. The van der Waals surface area contributed by atoms with E-state index in [1.165, 1.54) is 44.5 Å². The SMILES string of the molecule is CCC1CN(CC2(O)CCCCC2)CCS1. The minimum Gasteiger partial charge on any atom is -0.389 e. The zero-order valence-electron chi connectivity index (χ0n) is 10.5. The molecule has 1 heterocycles. The number of aliphatic hydroxyl groups is 1. The fraction of sp³-hybridized carbons (Fsp3) is 1.00. The van der Waals surface area contributed by atoms with Gasteiger partial charge in [-0.1, -0.05) is 26.2 Å². The van der Waals surface area contributed by atoms with Crippen molar-refractivity contribution in [1.29, 1.82) is 0 Å². The summed E-state index contributed by atoms with van der Waals surface area (Å²) in [5.41, 5.74) is -0.363. The summed E-state index contributed by atoms with van der Waals surface area (Å²) in [6.45, 7) is 5.55. The summed E-state index contributed by atoms with van der Waals surface area (Å²) >= 11 is 2.10. The topological polar surface area (TPSA) is 23.5 Å². The molecule has 0 aromatic carbocycles. The number of thioether (sulfide) groups is 1. The van der Waals surface area contributed by atoms with Gasteiger partial charge in [-0.3, -0.25) is 4.90 Å². The molecule has 94 valence electrons. The second kappa shape index (κ2) is 5.74. The summed E-state index contributed by atoms with van der Waals surface area (Å²) in [4.78, 5) is 2.50. The smallest absolute Gasteiger partial charge is 0.0774 e. The second-order valence-electron chi connectivity index (χ2n) is 5.42. The van der Waals surface area contributed by atoms with E-state index in [2.05, 4.69) is 23.6 Å². The quantitative estimate of drug-likeness (QED) is 0.824. The third kappa shape index (κ3) is 3.38. The molecule has 1 unspecified atom stereocenters. The van der Waals surface area contributed by atoms with Crippen molar-refractivity contribution < 1.29 is 5.11 Å². The molecule has 2 nitrogen and oxygen atoms in total. The van der Waals surface area contributed by atoms with Gasteiger partial charge in [-0.25, -0.2) is 0 Å². The average molecular weight is 243 g/mol. The Bertz CT molecular complexity index is 216. The van der Waals surface area contributed by atoms with Crippen LogP contribution in [0.2, 0.25) is 0 Å². The fourth-order valence-electron chi connectivity index (χ4n) is 2.96. The molecule has 1 aliphatic heterocycles. The number of nitrogens with zero attached hydrogens (tertiary/aromatic N) is 1. The van der Waals surface area contributed by atoms with Crippen molar-refractivity contribution in [3.8, 4) is 0 Å². The van der Waals surface area contributed by atoms with Crippen LogP contribution in [-0.4, -0.2) is 46.2 Å². The van der Waals surface area contributed by atoms with Crippen LogP contribution in [0.3, 0.4) is 0 Å². The van der Waals surface area contributed by atoms with Gasteiger partial charge in [0.15, 0.2) is 0 Å². The molecule has 2 aliphatic rings. The normalized spacial score (nSPS) is 31.5. The Morgan fingerprint density at radius 3 is 2.75 bits per heavy atom. The van der Waals surface area contributed by atoms with E-state index in [4.69, 9.17) is 0 Å². The average Bonchev–Trinajstić information content (AvgIpc) is 2.29. The highest BCUT2D eigenvalue weighted by molar-refractivity contribution is 8.00. The maximum absolute atomic E-state index is 10.5. The molecular formula is C13H25NOS. The Morgan fingerprint density at radius 1 is 1.31 bits per heavy atom. The summed E-state index contributed by atoms with van der Waals surface area (Å²) in [5, 5.41) is 11.3. The molecule has 2 rings (SSSR count). The Morgan fingerprint density at radius 2 is 2.06 bits per heavy atom. The van der Waals surface area contributed by atoms with Gasteiger partial charge in [0.05, 0.1) is 5.60 Å². The molecule has 3 heteroatoms. The molecule has 0 bridgehead atoms. The zero-order chi connectivity index (χ0) is 11.4. The van der Waals surface area contributed by atoms with E-state index >= 15 is 0 Å². The predicted molar refractivity (Wildman–Crippen MR) is 71.0 cm³/mol. The van der Waals surface area contributed by atoms with Crippen molar-refractivity contribution in [3.63, 3.8) is 0 Å². The van der Waals surface area contributed by atoms with Crippen molar-refractivity contribution in [2.45, 2.75) is 56.3 Å². The number of hydrogen-bond donors (Lipinski definition) is 1. The van der Waals surface area contributed by atoms with Crippen LogP contribution in [-0.2, 0) is 0 Å². The minimum absolute atomic E-state index is 0.363. The monoisotopic (exact) mass is 243 g/mol. The van der Waals surface area contributed by atoms with Gasteiger partial charge in [-0.05, 0) is 19.3 Å². The molecule has 1 aliphatic carbocycles. The van der Waals surface area contributed by atoms with Crippen LogP contribution in [0, 0.1) is 0 Å². The largest absolute Gasteiger partial charge is 0.389 e. The van der Waals surface area contributed by atoms with Crippen LogP contribution >= 0.6 is 11.8 Å². The third-order valence-corrected chi connectivity index (χ3v) is 5.35. The lowest BCUT2D eigenvalue weighted by Crippen LogP contribution is -2.48. The van der Waals surface area contributed by atoms with Crippen molar-refractivity contribution in [3.05, 3.63) is 0 Å². The van der Waals surface area contributed by atoms with Gasteiger partial charge >= 0.3 is 0 Å². The molecule has 2 fully saturated rings. The van der Waals surface area contributed by atoms with Crippen molar-refractivity contribution in [2.24, 2.45) is 0 Å². The van der Waals surface area contributed by atoms with Crippen LogP contribution in [0.25, 0.3) is 0 Å². The lowest BCUT2D eigenvalue weighted by molar-refractivity contribution is -0.0255. The summed E-state index contributed by atoms with van der Waals surface area (Å²) in [6, 6.07) is 0. The Labute approximate surface area is 104 Å². The van der Waals surface area contributed by atoms with E-state index in [9.17, 15) is 5.11 Å². The van der Waals surface area contributed by atoms with Crippen LogP contribution in [0.5, 0.6) is 0 Å². The van der Waals surface area contributed by atoms with E-state index in [-0.39, 0.29) is 5.60 Å². The minimum atomic E-state index is -0.363. The summed E-state index contributed by atoms with van der Waals surface area (Å²) < 4.78 is 0. The van der Waals surface area contributed by atoms with Gasteiger partial charge in [-0.15, -0.1) is 0 Å². The molecular weight excluding hydrogens is 218 g/mol. The molecule has 0 radical (unpaired) electrons. The van der Waals surface area contributed by atoms with Gasteiger partial charge in [0.25, 0.3) is 0 Å². The van der Waals surface area contributed by atoms with Gasteiger partial charge < -0.3 is 5.11 Å². The molecule has 1 saturated heterocycles. The van der Waals surface area contributed by atoms with Gasteiger partial charge in [0.2, 0.25) is 0 Å². The molecule has 1 atom stereocenters. The summed E-state index contributed by atoms with van der Waals surface area (Å²) in [6.07, 6.45) is 7.06. The highest BCUT2D eigenvalue weighted by Gasteiger charge is 2.32. The van der Waals surface area contributed by atoms with Crippen LogP contribution in [0.15, 0.2) is 0 Å². The van der Waals surface area contributed by atoms with Gasteiger partial charge in [0, 0.05) is 30.6 Å². The van der Waals surface area contributed by atoms with E-state index < -0.39 is 0 Å². The molecule has 1 saturated carbocycles. The zero-order valence-corrected chi connectivity index (χ0v) is 11.3. The van der Waals surface area contributed by atoms with Gasteiger partial charge in [0.1, 0.15) is 0 Å². The van der Waals surface area contributed by atoms with E-state index in [1.54, 1.807) is 0 Å². The van der Waals surface area contributed by atoms with E-state index in [0.717, 1.165) is 24.6 Å². The second-order valence-corrected chi connectivity index (χ2v) is 6.83. The lowest BCUT2D eigenvalue weighted by Gasteiger charge is -2.40. The Balaban J connectivity index is 1.83. The standard InChI is InChI=1S/C13H25NOS/c1-2-12-10-14(8-9-16-12)11-13(15)6-4-3-5-7-13/h12,15H,2-11H2,1H3. The van der Waals surface area contributed by atoms with Crippen LogP contribution in [0.1, 0.15) is 45.4 Å². The Hall–Kier alpha value is 0.270. The molecule has 0 aromatic rings. The number of hydrogen-bond acceptors (Lipinski definition) is 3. The van der Waals surface area contributed by atoms with Crippen LogP contribution in [0.4, 0.5) is 0 Å².